The standard InChI is InChI=1S/C28H30F4O2/c1-2-3-4-5-17-6-7-19-13-20(9-8-18(19)12-17)23-11-10-21(14-24(23)29)28(33)34-22-15-25(30)27(32)26(31)16-22/h2-3,10-11,14-20H,4-9,12-13H2,1H3/b3-2+. The summed E-state index contributed by atoms with van der Waals surface area (Å²) in [6.45, 7) is 2.06. The minimum atomic E-state index is -1.65. The van der Waals surface area contributed by atoms with Crippen molar-refractivity contribution >= 4 is 5.97 Å². The summed E-state index contributed by atoms with van der Waals surface area (Å²) in [6.07, 6.45) is 13.4. The summed E-state index contributed by atoms with van der Waals surface area (Å²) in [4.78, 5) is 12.3. The van der Waals surface area contributed by atoms with Crippen molar-refractivity contribution in [2.75, 3.05) is 0 Å². The van der Waals surface area contributed by atoms with E-state index in [4.69, 9.17) is 4.74 Å². The van der Waals surface area contributed by atoms with Gasteiger partial charge in [0.2, 0.25) is 0 Å². The Bertz CT molecular complexity index is 1040. The molecule has 0 N–H and O–H groups in total. The van der Waals surface area contributed by atoms with E-state index in [0.717, 1.165) is 43.6 Å². The summed E-state index contributed by atoms with van der Waals surface area (Å²) >= 11 is 0. The van der Waals surface area contributed by atoms with Crippen LogP contribution >= 0.6 is 0 Å². The number of ether oxygens (including phenoxy) is 1. The monoisotopic (exact) mass is 474 g/mol. The van der Waals surface area contributed by atoms with Crippen LogP contribution in [0.4, 0.5) is 17.6 Å². The Hall–Kier alpha value is -2.63. The van der Waals surface area contributed by atoms with E-state index < -0.39 is 35.0 Å². The molecule has 2 fully saturated rings. The third-order valence-corrected chi connectivity index (χ3v) is 7.54. The molecule has 4 atom stereocenters. The van der Waals surface area contributed by atoms with Crippen molar-refractivity contribution in [2.45, 2.75) is 64.2 Å². The summed E-state index contributed by atoms with van der Waals surface area (Å²) in [7, 11) is 0. The van der Waals surface area contributed by atoms with Gasteiger partial charge in [0.25, 0.3) is 0 Å². The van der Waals surface area contributed by atoms with Crippen LogP contribution in [0.3, 0.4) is 0 Å². The van der Waals surface area contributed by atoms with Crippen molar-refractivity contribution in [3.63, 3.8) is 0 Å². The maximum absolute atomic E-state index is 15.0. The fourth-order valence-electron chi connectivity index (χ4n) is 5.77. The Morgan fingerprint density at radius 2 is 1.65 bits per heavy atom. The molecule has 2 aliphatic rings. The average molecular weight is 475 g/mol. The lowest BCUT2D eigenvalue weighted by molar-refractivity contribution is 0.0733. The van der Waals surface area contributed by atoms with Crippen LogP contribution in [-0.4, -0.2) is 5.97 Å². The van der Waals surface area contributed by atoms with Crippen molar-refractivity contribution in [1.29, 1.82) is 0 Å². The van der Waals surface area contributed by atoms with Crippen molar-refractivity contribution in [2.24, 2.45) is 17.8 Å². The average Bonchev–Trinajstić information content (AvgIpc) is 2.82. The lowest BCUT2D eigenvalue weighted by Crippen LogP contribution is -2.30. The number of hydrogen-bond donors (Lipinski definition) is 0. The van der Waals surface area contributed by atoms with Crippen LogP contribution in [0.2, 0.25) is 0 Å². The minimum absolute atomic E-state index is 0.0679. The van der Waals surface area contributed by atoms with Gasteiger partial charge in [-0.25, -0.2) is 22.4 Å². The molecular formula is C28H30F4O2. The Morgan fingerprint density at radius 3 is 2.35 bits per heavy atom. The van der Waals surface area contributed by atoms with Crippen LogP contribution in [0.25, 0.3) is 0 Å². The van der Waals surface area contributed by atoms with E-state index in [9.17, 15) is 22.4 Å². The third-order valence-electron chi connectivity index (χ3n) is 7.54. The van der Waals surface area contributed by atoms with Gasteiger partial charge in [-0.15, -0.1) is 0 Å². The molecule has 2 aliphatic carbocycles. The summed E-state index contributed by atoms with van der Waals surface area (Å²) < 4.78 is 59.7. The highest BCUT2D eigenvalue weighted by atomic mass is 19.2. The smallest absolute Gasteiger partial charge is 0.343 e. The molecule has 0 radical (unpaired) electrons. The van der Waals surface area contributed by atoms with Crippen LogP contribution in [0.15, 0.2) is 42.5 Å². The van der Waals surface area contributed by atoms with Crippen LogP contribution < -0.4 is 4.74 Å². The Morgan fingerprint density at radius 1 is 0.941 bits per heavy atom. The first-order valence-corrected chi connectivity index (χ1v) is 12.1. The molecule has 34 heavy (non-hydrogen) atoms. The molecule has 4 rings (SSSR count). The normalized spacial score (nSPS) is 24.7. The van der Waals surface area contributed by atoms with Crippen molar-refractivity contribution < 1.29 is 27.1 Å². The Kier molecular flexibility index (Phi) is 7.74. The van der Waals surface area contributed by atoms with Gasteiger partial charge >= 0.3 is 5.97 Å². The lowest BCUT2D eigenvalue weighted by Gasteiger charge is -2.42. The molecule has 2 aromatic carbocycles. The van der Waals surface area contributed by atoms with Gasteiger partial charge in [-0.3, -0.25) is 0 Å². The zero-order valence-corrected chi connectivity index (χ0v) is 19.3. The van der Waals surface area contributed by atoms with Crippen molar-refractivity contribution in [3.05, 3.63) is 76.9 Å². The van der Waals surface area contributed by atoms with Gasteiger partial charge in [0.05, 0.1) is 5.56 Å². The van der Waals surface area contributed by atoms with Crippen LogP contribution in [0.5, 0.6) is 5.75 Å². The molecule has 2 nitrogen and oxygen atoms in total. The number of carbonyl (C=O) groups is 1. The van der Waals surface area contributed by atoms with Gasteiger partial charge in [-0.1, -0.05) is 24.6 Å². The SMILES string of the molecule is C/C=C/CCC1CCC2CC(c3ccc(C(=O)Oc4cc(F)c(F)c(F)c4)cc3F)CCC2C1. The van der Waals surface area contributed by atoms with Gasteiger partial charge < -0.3 is 4.74 Å². The number of halogens is 4. The minimum Gasteiger partial charge on any atom is -0.423 e. The number of esters is 1. The molecule has 2 saturated carbocycles. The highest BCUT2D eigenvalue weighted by Gasteiger charge is 2.36. The molecule has 0 aromatic heterocycles. The molecule has 0 saturated heterocycles. The molecular weight excluding hydrogens is 444 g/mol. The van der Waals surface area contributed by atoms with Crippen LogP contribution in [0.1, 0.15) is 80.1 Å². The number of allylic oxidation sites excluding steroid dienone is 2. The van der Waals surface area contributed by atoms with Gasteiger partial charge in [0.15, 0.2) is 17.5 Å². The van der Waals surface area contributed by atoms with Gasteiger partial charge in [-0.2, -0.15) is 0 Å². The highest BCUT2D eigenvalue weighted by Crippen LogP contribution is 2.48. The summed E-state index contributed by atoms with van der Waals surface area (Å²) in [5, 5.41) is 0. The zero-order chi connectivity index (χ0) is 24.2. The number of rotatable bonds is 6. The number of carbonyl (C=O) groups excluding carboxylic acids is 1. The van der Waals surface area contributed by atoms with E-state index in [-0.39, 0.29) is 11.5 Å². The second-order valence-corrected chi connectivity index (χ2v) is 9.68. The molecule has 6 heteroatoms. The van der Waals surface area contributed by atoms with Crippen LogP contribution in [0, 0.1) is 41.0 Å². The van der Waals surface area contributed by atoms with E-state index in [2.05, 4.69) is 19.1 Å². The molecule has 4 unspecified atom stereocenters. The molecule has 182 valence electrons. The molecule has 0 aliphatic heterocycles. The first-order chi connectivity index (χ1) is 16.4. The molecule has 0 amide bonds. The fourth-order valence-corrected chi connectivity index (χ4v) is 5.77. The van der Waals surface area contributed by atoms with E-state index >= 15 is 0 Å². The number of benzene rings is 2. The van der Waals surface area contributed by atoms with E-state index in [0.29, 0.717) is 23.6 Å². The number of hydrogen-bond acceptors (Lipinski definition) is 2. The molecule has 2 aromatic rings. The predicted octanol–water partition coefficient (Wildman–Crippen LogP) is 8.12. The van der Waals surface area contributed by atoms with E-state index in [1.165, 1.54) is 31.7 Å². The van der Waals surface area contributed by atoms with Crippen molar-refractivity contribution in [3.8, 4) is 5.75 Å². The lowest BCUT2D eigenvalue weighted by atomic mass is 9.63. The van der Waals surface area contributed by atoms with Gasteiger partial charge in [0.1, 0.15) is 11.6 Å². The zero-order valence-electron chi connectivity index (χ0n) is 19.3. The quantitative estimate of drug-likeness (QED) is 0.139. The molecule has 0 heterocycles. The van der Waals surface area contributed by atoms with Gasteiger partial charge in [0, 0.05) is 12.1 Å². The third kappa shape index (κ3) is 5.53. The summed E-state index contributed by atoms with van der Waals surface area (Å²) in [5.41, 5.74) is 0.533. The Balaban J connectivity index is 1.38. The summed E-state index contributed by atoms with van der Waals surface area (Å²) in [6, 6.07) is 5.36. The van der Waals surface area contributed by atoms with Gasteiger partial charge in [-0.05, 0) is 93.2 Å². The second-order valence-electron chi connectivity index (χ2n) is 9.68. The summed E-state index contributed by atoms with van der Waals surface area (Å²) in [5.74, 6) is -4.26. The number of fused-ring (bicyclic) bond motifs is 1. The predicted molar refractivity (Wildman–Crippen MR) is 123 cm³/mol. The topological polar surface area (TPSA) is 26.3 Å². The first-order valence-electron chi connectivity index (χ1n) is 12.1. The van der Waals surface area contributed by atoms with E-state index in [1.54, 1.807) is 6.07 Å². The maximum Gasteiger partial charge on any atom is 0.343 e. The molecule has 0 spiro atoms. The highest BCUT2D eigenvalue weighted by molar-refractivity contribution is 5.91. The fraction of sp³-hybridized carbons (Fsp3) is 0.464. The Labute approximate surface area is 198 Å². The van der Waals surface area contributed by atoms with Crippen molar-refractivity contribution in [1.82, 2.24) is 0 Å². The molecule has 0 bridgehead atoms. The van der Waals surface area contributed by atoms with E-state index in [1.807, 2.05) is 0 Å². The largest absolute Gasteiger partial charge is 0.423 e. The maximum atomic E-state index is 15.0. The van der Waals surface area contributed by atoms with Crippen LogP contribution in [-0.2, 0) is 0 Å². The first kappa shape index (κ1) is 24.5. The second kappa shape index (κ2) is 10.7.